The minimum atomic E-state index is -0.143. The number of nitrogens with zero attached hydrogens (tertiary/aromatic N) is 2. The van der Waals surface area contributed by atoms with E-state index in [0.717, 1.165) is 31.9 Å². The van der Waals surface area contributed by atoms with Crippen molar-refractivity contribution >= 4 is 5.82 Å². The molecule has 2 N–H and O–H groups in total. The van der Waals surface area contributed by atoms with Crippen molar-refractivity contribution in [3.63, 3.8) is 0 Å². The molecule has 0 spiro atoms. The van der Waals surface area contributed by atoms with Crippen molar-refractivity contribution < 1.29 is 5.11 Å². The van der Waals surface area contributed by atoms with Gasteiger partial charge in [-0.3, -0.25) is 4.90 Å². The molecule has 4 heteroatoms. The maximum Gasteiger partial charge on any atom is 0.125 e. The Balaban J connectivity index is 1.98. The van der Waals surface area contributed by atoms with E-state index in [1.54, 1.807) is 0 Å². The summed E-state index contributed by atoms with van der Waals surface area (Å²) in [5.41, 5.74) is 1.24. The molecular formula is C11H17N3O. The maximum absolute atomic E-state index is 9.41. The smallest absolute Gasteiger partial charge is 0.125 e. The minimum absolute atomic E-state index is 0.143. The average Bonchev–Trinajstić information content (AvgIpc) is 2.64. The Hall–Kier alpha value is -1.13. The van der Waals surface area contributed by atoms with Crippen LogP contribution in [0, 0.1) is 0 Å². The molecule has 1 aromatic heterocycles. The van der Waals surface area contributed by atoms with Crippen LogP contribution in [0.3, 0.4) is 0 Å². The summed E-state index contributed by atoms with van der Waals surface area (Å²) < 4.78 is 0. The van der Waals surface area contributed by atoms with Gasteiger partial charge in [0, 0.05) is 32.9 Å². The second-order valence-corrected chi connectivity index (χ2v) is 3.98. The molecule has 0 aliphatic carbocycles. The zero-order valence-electron chi connectivity index (χ0n) is 8.98. The summed E-state index contributed by atoms with van der Waals surface area (Å²) >= 11 is 0. The zero-order chi connectivity index (χ0) is 10.7. The number of aliphatic hydroxyl groups is 1. The monoisotopic (exact) mass is 207 g/mol. The molecule has 4 nitrogen and oxygen atoms in total. The van der Waals surface area contributed by atoms with E-state index in [1.807, 2.05) is 25.4 Å². The molecule has 0 aromatic carbocycles. The highest BCUT2D eigenvalue weighted by atomic mass is 16.3. The van der Waals surface area contributed by atoms with E-state index in [2.05, 4.69) is 15.2 Å². The van der Waals surface area contributed by atoms with E-state index in [4.69, 9.17) is 0 Å². The van der Waals surface area contributed by atoms with Gasteiger partial charge in [-0.2, -0.15) is 0 Å². The van der Waals surface area contributed by atoms with Crippen LogP contribution in [0.1, 0.15) is 12.0 Å². The number of hydrogen-bond donors (Lipinski definition) is 2. The Morgan fingerprint density at radius 2 is 2.53 bits per heavy atom. The first-order valence-corrected chi connectivity index (χ1v) is 5.31. The maximum atomic E-state index is 9.41. The van der Waals surface area contributed by atoms with Gasteiger partial charge in [-0.15, -0.1) is 0 Å². The summed E-state index contributed by atoms with van der Waals surface area (Å²) in [7, 11) is 1.87. The van der Waals surface area contributed by atoms with Gasteiger partial charge in [0.15, 0.2) is 0 Å². The topological polar surface area (TPSA) is 48.4 Å². The zero-order valence-corrected chi connectivity index (χ0v) is 8.98. The Bertz CT molecular complexity index is 329. The third-order valence-corrected chi connectivity index (χ3v) is 2.73. The number of pyridine rings is 1. The quantitative estimate of drug-likeness (QED) is 0.765. The molecule has 0 radical (unpaired) electrons. The molecule has 2 heterocycles. The van der Waals surface area contributed by atoms with E-state index in [1.165, 1.54) is 5.56 Å². The van der Waals surface area contributed by atoms with Gasteiger partial charge in [-0.1, -0.05) is 0 Å². The lowest BCUT2D eigenvalue weighted by atomic mass is 10.2. The van der Waals surface area contributed by atoms with Crippen LogP contribution in [0.4, 0.5) is 5.82 Å². The Labute approximate surface area is 89.9 Å². The predicted molar refractivity (Wildman–Crippen MR) is 59.7 cm³/mol. The second-order valence-electron chi connectivity index (χ2n) is 3.98. The molecule has 82 valence electrons. The van der Waals surface area contributed by atoms with E-state index in [0.29, 0.717) is 0 Å². The number of nitrogens with one attached hydrogen (secondary N) is 1. The lowest BCUT2D eigenvalue weighted by Gasteiger charge is -2.15. The third kappa shape index (κ3) is 2.67. The predicted octanol–water partition coefficient (Wildman–Crippen LogP) is 0.690. The van der Waals surface area contributed by atoms with E-state index in [9.17, 15) is 5.11 Å². The Kier molecular flexibility index (Phi) is 3.18. The van der Waals surface area contributed by atoms with Gasteiger partial charge >= 0.3 is 0 Å². The standard InChI is InChI=1S/C11H17N3O/c1-12-11-6-9(2-4-13-11)7-14-5-3-10(15)8-14/h2,4,6,10,15H,3,5,7-8H2,1H3,(H,12,13). The highest BCUT2D eigenvalue weighted by Gasteiger charge is 2.19. The fourth-order valence-electron chi connectivity index (χ4n) is 1.92. The van der Waals surface area contributed by atoms with E-state index in [-0.39, 0.29) is 6.10 Å². The molecule has 1 saturated heterocycles. The lowest BCUT2D eigenvalue weighted by molar-refractivity contribution is 0.175. The molecule has 15 heavy (non-hydrogen) atoms. The summed E-state index contributed by atoms with van der Waals surface area (Å²) in [5.74, 6) is 0.896. The van der Waals surface area contributed by atoms with Crippen LogP contribution >= 0.6 is 0 Å². The fourth-order valence-corrected chi connectivity index (χ4v) is 1.92. The van der Waals surface area contributed by atoms with E-state index >= 15 is 0 Å². The van der Waals surface area contributed by atoms with Crippen molar-refractivity contribution in [3.8, 4) is 0 Å². The van der Waals surface area contributed by atoms with Gasteiger partial charge in [0.1, 0.15) is 5.82 Å². The first-order valence-electron chi connectivity index (χ1n) is 5.31. The van der Waals surface area contributed by atoms with Crippen molar-refractivity contribution in [1.82, 2.24) is 9.88 Å². The SMILES string of the molecule is CNc1cc(CN2CCC(O)C2)ccn1. The van der Waals surface area contributed by atoms with Crippen LogP contribution < -0.4 is 5.32 Å². The minimum Gasteiger partial charge on any atom is -0.392 e. The van der Waals surface area contributed by atoms with Gasteiger partial charge in [0.2, 0.25) is 0 Å². The summed E-state index contributed by atoms with van der Waals surface area (Å²) in [6.07, 6.45) is 2.56. The Morgan fingerprint density at radius 3 is 3.20 bits per heavy atom. The van der Waals surface area contributed by atoms with Gasteiger partial charge in [-0.25, -0.2) is 4.98 Å². The van der Waals surface area contributed by atoms with Crippen LogP contribution in [0.15, 0.2) is 18.3 Å². The first-order chi connectivity index (χ1) is 7.28. The number of aliphatic hydroxyl groups excluding tert-OH is 1. The molecular weight excluding hydrogens is 190 g/mol. The first kappa shape index (κ1) is 10.4. The number of anilines is 1. The molecule has 1 unspecified atom stereocenters. The number of rotatable bonds is 3. The van der Waals surface area contributed by atoms with Crippen molar-refractivity contribution in [2.75, 3.05) is 25.5 Å². The van der Waals surface area contributed by atoms with Gasteiger partial charge in [0.05, 0.1) is 6.10 Å². The van der Waals surface area contributed by atoms with Gasteiger partial charge in [0.25, 0.3) is 0 Å². The summed E-state index contributed by atoms with van der Waals surface area (Å²) in [5, 5.41) is 12.4. The molecule has 0 amide bonds. The van der Waals surface area contributed by atoms with Crippen LogP contribution in [0.2, 0.25) is 0 Å². The van der Waals surface area contributed by atoms with Crippen molar-refractivity contribution in [1.29, 1.82) is 0 Å². The van der Waals surface area contributed by atoms with Gasteiger partial charge < -0.3 is 10.4 Å². The van der Waals surface area contributed by atoms with Crippen molar-refractivity contribution in [2.24, 2.45) is 0 Å². The molecule has 1 fully saturated rings. The molecule has 1 aliphatic rings. The summed E-state index contributed by atoms with van der Waals surface area (Å²) in [6.45, 7) is 2.67. The fraction of sp³-hybridized carbons (Fsp3) is 0.545. The number of β-amino-alcohol motifs (C(OH)–C–C–N with tert-alkyl or cyclic N) is 1. The van der Waals surface area contributed by atoms with Gasteiger partial charge in [-0.05, 0) is 24.1 Å². The third-order valence-electron chi connectivity index (χ3n) is 2.73. The van der Waals surface area contributed by atoms with Crippen molar-refractivity contribution in [2.45, 2.75) is 19.1 Å². The second kappa shape index (κ2) is 4.59. The largest absolute Gasteiger partial charge is 0.392 e. The normalized spacial score (nSPS) is 21.9. The molecule has 1 atom stereocenters. The Morgan fingerprint density at radius 1 is 1.67 bits per heavy atom. The van der Waals surface area contributed by atoms with Crippen LogP contribution in [-0.2, 0) is 6.54 Å². The van der Waals surface area contributed by atoms with Crippen LogP contribution in [0.25, 0.3) is 0 Å². The lowest BCUT2D eigenvalue weighted by Crippen LogP contribution is -2.21. The molecule has 0 bridgehead atoms. The number of likely N-dealkylation sites (tertiary alicyclic amines) is 1. The van der Waals surface area contributed by atoms with E-state index < -0.39 is 0 Å². The molecule has 1 aliphatic heterocycles. The molecule has 0 saturated carbocycles. The number of hydrogen-bond acceptors (Lipinski definition) is 4. The number of aromatic nitrogens is 1. The van der Waals surface area contributed by atoms with Crippen LogP contribution in [-0.4, -0.2) is 41.2 Å². The molecule has 1 aromatic rings. The van der Waals surface area contributed by atoms with Crippen molar-refractivity contribution in [3.05, 3.63) is 23.9 Å². The van der Waals surface area contributed by atoms with Crippen LogP contribution in [0.5, 0.6) is 0 Å². The summed E-state index contributed by atoms with van der Waals surface area (Å²) in [6, 6.07) is 4.07. The highest BCUT2D eigenvalue weighted by Crippen LogP contribution is 2.14. The highest BCUT2D eigenvalue weighted by molar-refractivity contribution is 5.36. The molecule has 2 rings (SSSR count). The average molecular weight is 207 g/mol. The summed E-state index contributed by atoms with van der Waals surface area (Å²) in [4.78, 5) is 6.43.